The van der Waals surface area contributed by atoms with E-state index in [1.807, 2.05) is 32.0 Å². The smallest absolute Gasteiger partial charge is 0.317 e. The number of aryl methyl sites for hydroxylation is 2. The topological polar surface area (TPSA) is 79.3 Å². The Morgan fingerprint density at radius 3 is 2.84 bits per heavy atom. The highest BCUT2D eigenvalue weighted by Gasteiger charge is 2.25. The molecule has 1 aromatic carbocycles. The van der Waals surface area contributed by atoms with Crippen molar-refractivity contribution in [1.82, 2.24) is 9.80 Å². The number of carbonyl (C=O) groups excluding carboxylic acids is 1. The normalized spacial score (nSPS) is 17.6. The van der Waals surface area contributed by atoms with Crippen LogP contribution in [-0.4, -0.2) is 79.3 Å². The molecule has 138 valence electrons. The number of amides is 1. The monoisotopic (exact) mass is 350 g/mol. The van der Waals surface area contributed by atoms with Crippen LogP contribution in [0.25, 0.3) is 0 Å². The maximum Gasteiger partial charge on any atom is 0.317 e. The first-order chi connectivity index (χ1) is 11.8. The van der Waals surface area contributed by atoms with Crippen LogP contribution in [0.3, 0.4) is 0 Å². The van der Waals surface area contributed by atoms with E-state index in [0.717, 1.165) is 11.1 Å². The molecule has 1 atom stereocenters. The minimum atomic E-state index is -0.881. The fourth-order valence-electron chi connectivity index (χ4n) is 2.89. The fourth-order valence-corrected chi connectivity index (χ4v) is 2.89. The zero-order valence-corrected chi connectivity index (χ0v) is 15.0. The Morgan fingerprint density at radius 1 is 1.40 bits per heavy atom. The van der Waals surface area contributed by atoms with Crippen molar-refractivity contribution in [2.45, 2.75) is 20.0 Å². The number of carboxylic acids is 1. The molecule has 0 bridgehead atoms. The van der Waals surface area contributed by atoms with Crippen molar-refractivity contribution in [1.29, 1.82) is 0 Å². The molecule has 1 fully saturated rings. The lowest BCUT2D eigenvalue weighted by Gasteiger charge is -2.34. The summed E-state index contributed by atoms with van der Waals surface area (Å²) < 4.78 is 11.3. The van der Waals surface area contributed by atoms with Gasteiger partial charge in [0.2, 0.25) is 0 Å². The number of benzene rings is 1. The SMILES string of the molecule is Cc1ccc(OCC(=O)N2CCOC(CN(C)CC(=O)O)C2)c(C)c1. The van der Waals surface area contributed by atoms with E-state index in [2.05, 4.69) is 0 Å². The number of aliphatic carboxylic acids is 1. The van der Waals surface area contributed by atoms with E-state index in [-0.39, 0.29) is 25.2 Å². The second-order valence-electron chi connectivity index (χ2n) is 6.48. The third-order valence-corrected chi connectivity index (χ3v) is 4.09. The molecule has 0 aromatic heterocycles. The van der Waals surface area contributed by atoms with E-state index in [1.54, 1.807) is 16.8 Å². The van der Waals surface area contributed by atoms with Crippen molar-refractivity contribution in [2.75, 3.05) is 46.4 Å². The molecule has 1 aliphatic heterocycles. The zero-order chi connectivity index (χ0) is 18.4. The van der Waals surface area contributed by atoms with Gasteiger partial charge in [0.25, 0.3) is 5.91 Å². The summed E-state index contributed by atoms with van der Waals surface area (Å²) in [4.78, 5) is 26.5. The first-order valence-electron chi connectivity index (χ1n) is 8.35. The van der Waals surface area contributed by atoms with Gasteiger partial charge in [0.1, 0.15) is 5.75 Å². The van der Waals surface area contributed by atoms with E-state index >= 15 is 0 Å². The van der Waals surface area contributed by atoms with Crippen molar-refractivity contribution >= 4 is 11.9 Å². The molecule has 0 saturated carbocycles. The van der Waals surface area contributed by atoms with Gasteiger partial charge in [-0.25, -0.2) is 0 Å². The summed E-state index contributed by atoms with van der Waals surface area (Å²) in [6.07, 6.45) is -0.192. The number of carboxylic acid groups (broad SMARTS) is 1. The summed E-state index contributed by atoms with van der Waals surface area (Å²) in [6.45, 7) is 5.78. The van der Waals surface area contributed by atoms with E-state index in [4.69, 9.17) is 14.6 Å². The highest BCUT2D eigenvalue weighted by atomic mass is 16.5. The average molecular weight is 350 g/mol. The van der Waals surface area contributed by atoms with Gasteiger partial charge in [-0.05, 0) is 32.5 Å². The van der Waals surface area contributed by atoms with Gasteiger partial charge in [-0.15, -0.1) is 0 Å². The number of hydrogen-bond acceptors (Lipinski definition) is 5. The van der Waals surface area contributed by atoms with Crippen molar-refractivity contribution < 1.29 is 24.2 Å². The Balaban J connectivity index is 1.83. The van der Waals surface area contributed by atoms with Gasteiger partial charge in [-0.1, -0.05) is 17.7 Å². The predicted octanol–water partition coefficient (Wildman–Crippen LogP) is 0.926. The maximum atomic E-state index is 12.4. The molecule has 1 amide bonds. The van der Waals surface area contributed by atoms with Crippen molar-refractivity contribution in [2.24, 2.45) is 0 Å². The number of rotatable bonds is 7. The van der Waals surface area contributed by atoms with E-state index in [9.17, 15) is 9.59 Å². The van der Waals surface area contributed by atoms with Crippen LogP contribution in [0.4, 0.5) is 0 Å². The summed E-state index contributed by atoms with van der Waals surface area (Å²) in [6, 6.07) is 5.85. The number of morpholine rings is 1. The highest BCUT2D eigenvalue weighted by molar-refractivity contribution is 5.78. The van der Waals surface area contributed by atoms with Gasteiger partial charge in [0.05, 0.1) is 19.3 Å². The largest absolute Gasteiger partial charge is 0.484 e. The van der Waals surface area contributed by atoms with Gasteiger partial charge in [-0.2, -0.15) is 0 Å². The van der Waals surface area contributed by atoms with Gasteiger partial charge in [0.15, 0.2) is 6.61 Å². The summed E-state index contributed by atoms with van der Waals surface area (Å²) in [5, 5.41) is 8.81. The van der Waals surface area contributed by atoms with Gasteiger partial charge in [0, 0.05) is 19.6 Å². The minimum absolute atomic E-state index is 0.0123. The van der Waals surface area contributed by atoms with Crippen LogP contribution in [0.2, 0.25) is 0 Å². The second kappa shape index (κ2) is 8.82. The number of nitrogens with zero attached hydrogens (tertiary/aromatic N) is 2. The second-order valence-corrected chi connectivity index (χ2v) is 6.48. The van der Waals surface area contributed by atoms with Gasteiger partial charge < -0.3 is 19.5 Å². The van der Waals surface area contributed by atoms with E-state index in [0.29, 0.717) is 32.0 Å². The van der Waals surface area contributed by atoms with Crippen LogP contribution in [0.15, 0.2) is 18.2 Å². The number of hydrogen-bond donors (Lipinski definition) is 1. The molecule has 0 radical (unpaired) electrons. The number of ether oxygens (including phenoxy) is 2. The van der Waals surface area contributed by atoms with E-state index in [1.165, 1.54) is 0 Å². The quantitative estimate of drug-likeness (QED) is 0.788. The molecule has 1 saturated heterocycles. The lowest BCUT2D eigenvalue weighted by molar-refractivity contribution is -0.143. The van der Waals surface area contributed by atoms with Crippen LogP contribution < -0.4 is 4.74 Å². The molecule has 1 aromatic rings. The van der Waals surface area contributed by atoms with Crippen LogP contribution in [0.5, 0.6) is 5.75 Å². The molecule has 7 nitrogen and oxygen atoms in total. The lowest BCUT2D eigenvalue weighted by Crippen LogP contribution is -2.50. The van der Waals surface area contributed by atoms with Crippen molar-refractivity contribution in [3.05, 3.63) is 29.3 Å². The van der Waals surface area contributed by atoms with Gasteiger partial charge in [-0.3, -0.25) is 14.5 Å². The Morgan fingerprint density at radius 2 is 2.16 bits per heavy atom. The lowest BCUT2D eigenvalue weighted by atomic mass is 10.1. The molecular formula is C18H26N2O5. The summed E-state index contributed by atoms with van der Waals surface area (Å²) in [5.41, 5.74) is 2.15. The molecule has 1 unspecified atom stereocenters. The third kappa shape index (κ3) is 6.03. The Bertz CT molecular complexity index is 619. The van der Waals surface area contributed by atoms with Crippen LogP contribution in [0, 0.1) is 13.8 Å². The van der Waals surface area contributed by atoms with Gasteiger partial charge >= 0.3 is 5.97 Å². The molecule has 1 heterocycles. The van der Waals surface area contributed by atoms with Crippen molar-refractivity contribution in [3.63, 3.8) is 0 Å². The summed E-state index contributed by atoms with van der Waals surface area (Å²) in [5.74, 6) is -0.257. The van der Waals surface area contributed by atoms with Crippen molar-refractivity contribution in [3.8, 4) is 5.75 Å². The zero-order valence-electron chi connectivity index (χ0n) is 15.0. The Hall–Kier alpha value is -2.12. The maximum absolute atomic E-state index is 12.4. The molecule has 7 heteroatoms. The van der Waals surface area contributed by atoms with E-state index < -0.39 is 5.97 Å². The van der Waals surface area contributed by atoms with Crippen LogP contribution in [0.1, 0.15) is 11.1 Å². The van der Waals surface area contributed by atoms with Crippen LogP contribution in [-0.2, 0) is 14.3 Å². The highest BCUT2D eigenvalue weighted by Crippen LogP contribution is 2.19. The summed E-state index contributed by atoms with van der Waals surface area (Å²) in [7, 11) is 1.72. The summed E-state index contributed by atoms with van der Waals surface area (Å²) >= 11 is 0. The first-order valence-corrected chi connectivity index (χ1v) is 8.35. The molecule has 2 rings (SSSR count). The molecule has 1 aliphatic rings. The molecule has 0 spiro atoms. The third-order valence-electron chi connectivity index (χ3n) is 4.09. The van der Waals surface area contributed by atoms with Crippen LogP contribution >= 0.6 is 0 Å². The first kappa shape index (κ1) is 19.2. The molecular weight excluding hydrogens is 324 g/mol. The number of carbonyl (C=O) groups is 2. The fraction of sp³-hybridized carbons (Fsp3) is 0.556. The Kier molecular flexibility index (Phi) is 6.78. The predicted molar refractivity (Wildman–Crippen MR) is 92.9 cm³/mol. The minimum Gasteiger partial charge on any atom is -0.484 e. The number of likely N-dealkylation sites (N-methyl/N-ethyl adjacent to an activating group) is 1. The molecule has 0 aliphatic carbocycles. The molecule has 25 heavy (non-hydrogen) atoms. The average Bonchev–Trinajstić information content (AvgIpc) is 2.53. The Labute approximate surface area is 148 Å². The molecule has 1 N–H and O–H groups in total. The standard InChI is InChI=1S/C18H26N2O5/c1-13-4-5-16(14(2)8-13)25-12-17(21)20-6-7-24-15(10-20)9-19(3)11-18(22)23/h4-5,8,15H,6-7,9-12H2,1-3H3,(H,22,23).